The number of hydrogen-bond donors (Lipinski definition) is 1. The highest BCUT2D eigenvalue weighted by atomic mass is 16.5. The molecule has 19 heavy (non-hydrogen) atoms. The van der Waals surface area contributed by atoms with E-state index in [0.717, 1.165) is 25.4 Å². The lowest BCUT2D eigenvalue weighted by atomic mass is 9.73. The summed E-state index contributed by atoms with van der Waals surface area (Å²) in [6.07, 6.45) is 1.20. The molecule has 0 bridgehead atoms. The number of anilines is 1. The Morgan fingerprint density at radius 2 is 2.00 bits per heavy atom. The second-order valence-corrected chi connectivity index (χ2v) is 6.04. The zero-order chi connectivity index (χ0) is 13.9. The van der Waals surface area contributed by atoms with Gasteiger partial charge in [0.05, 0.1) is 6.61 Å². The number of benzene rings is 1. The molecule has 0 radical (unpaired) electrons. The van der Waals surface area contributed by atoms with Crippen molar-refractivity contribution in [1.82, 2.24) is 0 Å². The van der Waals surface area contributed by atoms with Crippen molar-refractivity contribution in [1.29, 1.82) is 0 Å². The van der Waals surface area contributed by atoms with E-state index in [-0.39, 0.29) is 0 Å². The fourth-order valence-corrected chi connectivity index (χ4v) is 2.78. The second kappa shape index (κ2) is 5.83. The van der Waals surface area contributed by atoms with E-state index in [0.29, 0.717) is 17.9 Å². The van der Waals surface area contributed by atoms with Crippen LogP contribution in [0.1, 0.15) is 27.2 Å². The molecule has 0 spiro atoms. The average Bonchev–Trinajstić information content (AvgIpc) is 2.40. The molecular weight excluding hydrogens is 236 g/mol. The van der Waals surface area contributed by atoms with Crippen molar-refractivity contribution in [2.24, 2.45) is 17.1 Å². The topological polar surface area (TPSA) is 38.5 Å². The van der Waals surface area contributed by atoms with Gasteiger partial charge in [0.25, 0.3) is 0 Å². The van der Waals surface area contributed by atoms with E-state index in [1.807, 2.05) is 6.92 Å². The molecule has 1 atom stereocenters. The first kappa shape index (κ1) is 14.2. The fourth-order valence-electron chi connectivity index (χ4n) is 2.78. The SMILES string of the molecule is CCOc1ccc(N2CCC(C)(C)C(CN)C2)cc1. The van der Waals surface area contributed by atoms with Gasteiger partial charge in [0, 0.05) is 18.8 Å². The van der Waals surface area contributed by atoms with E-state index in [1.165, 1.54) is 12.1 Å². The molecule has 0 saturated carbocycles. The number of piperidine rings is 1. The van der Waals surface area contributed by atoms with Crippen LogP contribution in [0.3, 0.4) is 0 Å². The van der Waals surface area contributed by atoms with Crippen molar-refractivity contribution >= 4 is 5.69 Å². The maximum Gasteiger partial charge on any atom is 0.119 e. The smallest absolute Gasteiger partial charge is 0.119 e. The van der Waals surface area contributed by atoms with Gasteiger partial charge in [0.1, 0.15) is 5.75 Å². The molecule has 0 amide bonds. The minimum atomic E-state index is 0.358. The number of ether oxygens (including phenoxy) is 1. The van der Waals surface area contributed by atoms with Crippen LogP contribution in [0.2, 0.25) is 0 Å². The van der Waals surface area contributed by atoms with Gasteiger partial charge in [-0.3, -0.25) is 0 Å². The van der Waals surface area contributed by atoms with Gasteiger partial charge < -0.3 is 15.4 Å². The number of nitrogens with two attached hydrogens (primary N) is 1. The maximum absolute atomic E-state index is 5.94. The Kier molecular flexibility index (Phi) is 4.35. The minimum Gasteiger partial charge on any atom is -0.494 e. The molecule has 1 fully saturated rings. The van der Waals surface area contributed by atoms with Gasteiger partial charge in [-0.2, -0.15) is 0 Å². The molecule has 2 rings (SSSR count). The highest BCUT2D eigenvalue weighted by Crippen LogP contribution is 2.36. The van der Waals surface area contributed by atoms with Crippen LogP contribution < -0.4 is 15.4 Å². The van der Waals surface area contributed by atoms with Crippen molar-refractivity contribution in [3.8, 4) is 5.75 Å². The Bertz CT molecular complexity index is 400. The maximum atomic E-state index is 5.94. The Morgan fingerprint density at radius 1 is 1.32 bits per heavy atom. The van der Waals surface area contributed by atoms with Crippen molar-refractivity contribution in [3.63, 3.8) is 0 Å². The van der Waals surface area contributed by atoms with Crippen LogP contribution in [0.5, 0.6) is 5.75 Å². The molecule has 2 N–H and O–H groups in total. The summed E-state index contributed by atoms with van der Waals surface area (Å²) >= 11 is 0. The van der Waals surface area contributed by atoms with Gasteiger partial charge in [-0.05, 0) is 55.5 Å². The van der Waals surface area contributed by atoms with Crippen LogP contribution in [0.25, 0.3) is 0 Å². The number of rotatable bonds is 4. The van der Waals surface area contributed by atoms with Crippen LogP contribution >= 0.6 is 0 Å². The standard InChI is InChI=1S/C16H26N2O/c1-4-19-15-7-5-14(6-8-15)18-10-9-16(2,3)13(11-17)12-18/h5-8,13H,4,9-12,17H2,1-3H3. The van der Waals surface area contributed by atoms with E-state index >= 15 is 0 Å². The Labute approximate surface area is 116 Å². The second-order valence-electron chi connectivity index (χ2n) is 6.04. The molecule has 1 aromatic carbocycles. The first-order chi connectivity index (χ1) is 9.06. The Hall–Kier alpha value is -1.22. The molecule has 1 aliphatic heterocycles. The molecule has 1 heterocycles. The third-order valence-corrected chi connectivity index (χ3v) is 4.37. The van der Waals surface area contributed by atoms with E-state index in [2.05, 4.69) is 43.0 Å². The monoisotopic (exact) mass is 262 g/mol. The van der Waals surface area contributed by atoms with Crippen LogP contribution in [0.4, 0.5) is 5.69 Å². The molecule has 1 aliphatic rings. The third kappa shape index (κ3) is 3.21. The molecule has 0 aromatic heterocycles. The van der Waals surface area contributed by atoms with E-state index < -0.39 is 0 Å². The summed E-state index contributed by atoms with van der Waals surface area (Å²) in [6.45, 7) is 10.3. The molecule has 1 unspecified atom stereocenters. The summed E-state index contributed by atoms with van der Waals surface area (Å²) in [5.74, 6) is 1.51. The number of nitrogens with zero attached hydrogens (tertiary/aromatic N) is 1. The van der Waals surface area contributed by atoms with Gasteiger partial charge in [0.15, 0.2) is 0 Å². The fraction of sp³-hybridized carbons (Fsp3) is 0.625. The van der Waals surface area contributed by atoms with Crippen molar-refractivity contribution in [2.75, 3.05) is 31.1 Å². The van der Waals surface area contributed by atoms with Crippen LogP contribution in [-0.4, -0.2) is 26.2 Å². The molecule has 1 aromatic rings. The molecule has 3 nitrogen and oxygen atoms in total. The van der Waals surface area contributed by atoms with E-state index in [1.54, 1.807) is 0 Å². The molecular formula is C16H26N2O. The zero-order valence-electron chi connectivity index (χ0n) is 12.4. The summed E-state index contributed by atoms with van der Waals surface area (Å²) in [6, 6.07) is 8.40. The van der Waals surface area contributed by atoms with Crippen LogP contribution in [0.15, 0.2) is 24.3 Å². The first-order valence-corrected chi connectivity index (χ1v) is 7.24. The molecule has 1 saturated heterocycles. The average molecular weight is 262 g/mol. The minimum absolute atomic E-state index is 0.358. The summed E-state index contributed by atoms with van der Waals surface area (Å²) in [5.41, 5.74) is 7.57. The lowest BCUT2D eigenvalue weighted by Crippen LogP contribution is -2.47. The normalized spacial score (nSPS) is 22.3. The number of hydrogen-bond acceptors (Lipinski definition) is 3. The largest absolute Gasteiger partial charge is 0.494 e. The summed E-state index contributed by atoms with van der Waals surface area (Å²) in [5, 5.41) is 0. The van der Waals surface area contributed by atoms with Crippen molar-refractivity contribution in [3.05, 3.63) is 24.3 Å². The lowest BCUT2D eigenvalue weighted by Gasteiger charge is -2.44. The van der Waals surface area contributed by atoms with Gasteiger partial charge in [-0.1, -0.05) is 13.8 Å². The predicted molar refractivity (Wildman–Crippen MR) is 80.8 cm³/mol. The van der Waals surface area contributed by atoms with E-state index in [4.69, 9.17) is 10.5 Å². The summed E-state index contributed by atoms with van der Waals surface area (Å²) in [7, 11) is 0. The quantitative estimate of drug-likeness (QED) is 0.906. The van der Waals surface area contributed by atoms with Gasteiger partial charge in [-0.15, -0.1) is 0 Å². The summed E-state index contributed by atoms with van der Waals surface area (Å²) < 4.78 is 5.49. The first-order valence-electron chi connectivity index (χ1n) is 7.24. The predicted octanol–water partition coefficient (Wildman–Crippen LogP) is 2.90. The zero-order valence-corrected chi connectivity index (χ0v) is 12.4. The van der Waals surface area contributed by atoms with Crippen molar-refractivity contribution < 1.29 is 4.74 Å². The molecule has 3 heteroatoms. The Balaban J connectivity index is 2.06. The van der Waals surface area contributed by atoms with E-state index in [9.17, 15) is 0 Å². The lowest BCUT2D eigenvalue weighted by molar-refractivity contribution is 0.177. The molecule has 106 valence electrons. The molecule has 0 aliphatic carbocycles. The van der Waals surface area contributed by atoms with Crippen molar-refractivity contribution in [2.45, 2.75) is 27.2 Å². The van der Waals surface area contributed by atoms with Gasteiger partial charge in [-0.25, -0.2) is 0 Å². The van der Waals surface area contributed by atoms with Gasteiger partial charge in [0.2, 0.25) is 0 Å². The third-order valence-electron chi connectivity index (χ3n) is 4.37. The highest BCUT2D eigenvalue weighted by molar-refractivity contribution is 5.49. The van der Waals surface area contributed by atoms with Crippen LogP contribution in [0, 0.1) is 11.3 Å². The Morgan fingerprint density at radius 3 is 2.58 bits per heavy atom. The van der Waals surface area contributed by atoms with Gasteiger partial charge >= 0.3 is 0 Å². The summed E-state index contributed by atoms with van der Waals surface area (Å²) in [4.78, 5) is 2.44. The highest BCUT2D eigenvalue weighted by Gasteiger charge is 2.34. The van der Waals surface area contributed by atoms with Crippen LogP contribution in [-0.2, 0) is 0 Å².